The maximum Gasteiger partial charge on any atom is 0.238 e. The topological polar surface area (TPSA) is 72.0 Å². The summed E-state index contributed by atoms with van der Waals surface area (Å²) in [6, 6.07) is 16.7. The van der Waals surface area contributed by atoms with E-state index in [0.717, 1.165) is 10.0 Å². The molecule has 1 heterocycles. The van der Waals surface area contributed by atoms with Gasteiger partial charge in [0.1, 0.15) is 5.01 Å². The molecule has 0 aliphatic carbocycles. The lowest BCUT2D eigenvalue weighted by Crippen LogP contribution is -2.14. The predicted octanol–water partition coefficient (Wildman–Crippen LogP) is 3.91. The third-order valence-electron chi connectivity index (χ3n) is 2.93. The average Bonchev–Trinajstić information content (AvgIpc) is 2.95. The molecule has 0 aliphatic rings. The van der Waals surface area contributed by atoms with Crippen molar-refractivity contribution in [1.29, 1.82) is 0 Å². The second-order valence-corrected chi connectivity index (χ2v) is 8.38. The molecule has 8 heteroatoms. The second-order valence-electron chi connectivity index (χ2n) is 4.77. The number of halogens is 1. The highest BCUT2D eigenvalue weighted by Gasteiger charge is 2.15. The van der Waals surface area contributed by atoms with Crippen LogP contribution >= 0.6 is 27.3 Å². The Kier molecular flexibility index (Phi) is 4.74. The fourth-order valence-electron chi connectivity index (χ4n) is 1.98. The molecule has 0 amide bonds. The van der Waals surface area contributed by atoms with E-state index in [-0.39, 0.29) is 10.9 Å². The molecular formula is C15H12BrN3O2S2. The van der Waals surface area contributed by atoms with Crippen LogP contribution in [0.2, 0.25) is 0 Å². The van der Waals surface area contributed by atoms with E-state index in [4.69, 9.17) is 0 Å². The average molecular weight is 410 g/mol. The maximum absolute atomic E-state index is 12.2. The molecule has 0 fully saturated rings. The van der Waals surface area contributed by atoms with Gasteiger partial charge in [0, 0.05) is 10.0 Å². The Morgan fingerprint density at radius 3 is 2.57 bits per heavy atom. The van der Waals surface area contributed by atoms with Crippen molar-refractivity contribution in [3.05, 3.63) is 64.6 Å². The SMILES string of the molecule is O=S(=O)(Cc1cccc(Br)c1)Nc1nnc(-c2ccccc2)s1. The summed E-state index contributed by atoms with van der Waals surface area (Å²) in [7, 11) is -3.54. The van der Waals surface area contributed by atoms with E-state index >= 15 is 0 Å². The first kappa shape index (κ1) is 16.1. The van der Waals surface area contributed by atoms with Crippen LogP contribution in [0.5, 0.6) is 0 Å². The quantitative estimate of drug-likeness (QED) is 0.692. The highest BCUT2D eigenvalue weighted by atomic mass is 79.9. The molecule has 0 saturated carbocycles. The summed E-state index contributed by atoms with van der Waals surface area (Å²) in [5.41, 5.74) is 1.60. The molecule has 0 aliphatic heterocycles. The van der Waals surface area contributed by atoms with Gasteiger partial charge >= 0.3 is 0 Å². The van der Waals surface area contributed by atoms with Crippen molar-refractivity contribution in [2.75, 3.05) is 4.72 Å². The van der Waals surface area contributed by atoms with Crippen LogP contribution < -0.4 is 4.72 Å². The predicted molar refractivity (Wildman–Crippen MR) is 95.7 cm³/mol. The lowest BCUT2D eigenvalue weighted by atomic mass is 10.2. The largest absolute Gasteiger partial charge is 0.257 e. The highest BCUT2D eigenvalue weighted by molar-refractivity contribution is 9.10. The van der Waals surface area contributed by atoms with Crippen molar-refractivity contribution < 1.29 is 8.42 Å². The molecule has 5 nitrogen and oxygen atoms in total. The molecule has 23 heavy (non-hydrogen) atoms. The monoisotopic (exact) mass is 409 g/mol. The van der Waals surface area contributed by atoms with Crippen LogP contribution in [0.4, 0.5) is 5.13 Å². The number of hydrogen-bond donors (Lipinski definition) is 1. The number of rotatable bonds is 5. The van der Waals surface area contributed by atoms with Crippen LogP contribution in [0.25, 0.3) is 10.6 Å². The minimum Gasteiger partial charge on any atom is -0.257 e. The van der Waals surface area contributed by atoms with Crippen molar-refractivity contribution in [3.63, 3.8) is 0 Å². The van der Waals surface area contributed by atoms with E-state index < -0.39 is 10.0 Å². The summed E-state index contributed by atoms with van der Waals surface area (Å²) in [5, 5.41) is 8.87. The van der Waals surface area contributed by atoms with Crippen LogP contribution in [-0.4, -0.2) is 18.6 Å². The van der Waals surface area contributed by atoms with Crippen LogP contribution in [-0.2, 0) is 15.8 Å². The summed E-state index contributed by atoms with van der Waals surface area (Å²) in [4.78, 5) is 0. The molecular weight excluding hydrogens is 398 g/mol. The molecule has 1 aromatic heterocycles. The number of sulfonamides is 1. The molecule has 0 radical (unpaired) electrons. The molecule has 118 valence electrons. The Balaban J connectivity index is 1.75. The summed E-state index contributed by atoms with van der Waals surface area (Å²) in [6.45, 7) is 0. The maximum atomic E-state index is 12.2. The third-order valence-corrected chi connectivity index (χ3v) is 5.66. The highest BCUT2D eigenvalue weighted by Crippen LogP contribution is 2.27. The van der Waals surface area contributed by atoms with Crippen molar-refractivity contribution >= 4 is 42.4 Å². The van der Waals surface area contributed by atoms with Crippen molar-refractivity contribution in [1.82, 2.24) is 10.2 Å². The minimum atomic E-state index is -3.54. The third kappa shape index (κ3) is 4.37. The Bertz CT molecular complexity index is 911. The summed E-state index contributed by atoms with van der Waals surface area (Å²) in [5.74, 6) is -0.118. The Labute approximate surface area is 146 Å². The van der Waals surface area contributed by atoms with Gasteiger partial charge in [0.2, 0.25) is 15.2 Å². The molecule has 1 N–H and O–H groups in total. The standard InChI is InChI=1S/C15H12BrN3O2S2/c16-13-8-4-5-11(9-13)10-23(20,21)19-15-18-17-14(22-15)12-6-2-1-3-7-12/h1-9H,10H2,(H,18,19). The van der Waals surface area contributed by atoms with Crippen molar-refractivity contribution in [2.45, 2.75) is 5.75 Å². The van der Waals surface area contributed by atoms with E-state index in [9.17, 15) is 8.42 Å². The molecule has 0 saturated heterocycles. The second kappa shape index (κ2) is 6.77. The van der Waals surface area contributed by atoms with Gasteiger partial charge in [0.05, 0.1) is 5.75 Å². The van der Waals surface area contributed by atoms with E-state index in [2.05, 4.69) is 30.8 Å². The zero-order chi connectivity index (χ0) is 16.3. The van der Waals surface area contributed by atoms with E-state index in [1.54, 1.807) is 18.2 Å². The van der Waals surface area contributed by atoms with Gasteiger partial charge in [-0.3, -0.25) is 4.72 Å². The van der Waals surface area contributed by atoms with Gasteiger partial charge in [-0.1, -0.05) is 69.7 Å². The fourth-order valence-corrected chi connectivity index (χ4v) is 4.57. The van der Waals surface area contributed by atoms with Gasteiger partial charge in [-0.05, 0) is 17.7 Å². The van der Waals surface area contributed by atoms with Gasteiger partial charge in [0.15, 0.2) is 0 Å². The molecule has 0 atom stereocenters. The van der Waals surface area contributed by atoms with Crippen LogP contribution in [0, 0.1) is 0 Å². The molecule has 3 rings (SSSR count). The smallest absolute Gasteiger partial charge is 0.238 e. The van der Waals surface area contributed by atoms with Gasteiger partial charge in [-0.2, -0.15) is 0 Å². The Morgan fingerprint density at radius 1 is 1.04 bits per heavy atom. The van der Waals surface area contributed by atoms with Crippen molar-refractivity contribution in [2.24, 2.45) is 0 Å². The normalized spacial score (nSPS) is 11.3. The first-order valence-corrected chi connectivity index (χ1v) is 9.92. The van der Waals surface area contributed by atoms with Crippen LogP contribution in [0.1, 0.15) is 5.56 Å². The van der Waals surface area contributed by atoms with E-state index in [1.807, 2.05) is 36.4 Å². The lowest BCUT2D eigenvalue weighted by molar-refractivity contribution is 0.600. The number of anilines is 1. The Hall–Kier alpha value is -1.77. The summed E-state index contributed by atoms with van der Waals surface area (Å²) < 4.78 is 27.8. The molecule has 0 bridgehead atoms. The number of benzene rings is 2. The number of nitrogens with one attached hydrogen (secondary N) is 1. The number of hydrogen-bond acceptors (Lipinski definition) is 5. The van der Waals surface area contributed by atoms with Crippen LogP contribution in [0.3, 0.4) is 0 Å². The van der Waals surface area contributed by atoms with E-state index in [0.29, 0.717) is 10.6 Å². The fraction of sp³-hybridized carbons (Fsp3) is 0.0667. The summed E-state index contributed by atoms with van der Waals surface area (Å²) >= 11 is 4.54. The van der Waals surface area contributed by atoms with Gasteiger partial charge < -0.3 is 0 Å². The molecule has 3 aromatic rings. The van der Waals surface area contributed by atoms with E-state index in [1.165, 1.54) is 11.3 Å². The zero-order valence-corrected chi connectivity index (χ0v) is 15.0. The first-order valence-electron chi connectivity index (χ1n) is 6.66. The van der Waals surface area contributed by atoms with Gasteiger partial charge in [-0.25, -0.2) is 8.42 Å². The van der Waals surface area contributed by atoms with Gasteiger partial charge in [0.25, 0.3) is 0 Å². The lowest BCUT2D eigenvalue weighted by Gasteiger charge is -2.05. The Morgan fingerprint density at radius 2 is 1.83 bits per heavy atom. The number of nitrogens with zero attached hydrogens (tertiary/aromatic N) is 2. The molecule has 0 spiro atoms. The molecule has 2 aromatic carbocycles. The van der Waals surface area contributed by atoms with Crippen LogP contribution in [0.15, 0.2) is 59.1 Å². The minimum absolute atomic E-state index is 0.118. The van der Waals surface area contributed by atoms with Gasteiger partial charge in [-0.15, -0.1) is 10.2 Å². The molecule has 0 unspecified atom stereocenters. The summed E-state index contributed by atoms with van der Waals surface area (Å²) in [6.07, 6.45) is 0. The number of aromatic nitrogens is 2. The first-order chi connectivity index (χ1) is 11.0. The zero-order valence-electron chi connectivity index (χ0n) is 11.8. The van der Waals surface area contributed by atoms with Crippen molar-refractivity contribution in [3.8, 4) is 10.6 Å².